The predicted octanol–water partition coefficient (Wildman–Crippen LogP) is 1.26. The monoisotopic (exact) mass is 146 g/mol. The van der Waals surface area contributed by atoms with Gasteiger partial charge in [0.15, 0.2) is 0 Å². The van der Waals surface area contributed by atoms with E-state index in [9.17, 15) is 0 Å². The van der Waals surface area contributed by atoms with Crippen molar-refractivity contribution in [2.45, 2.75) is 0 Å². The Hall–Kier alpha value is -1.51. The van der Waals surface area contributed by atoms with Crippen LogP contribution in [0.25, 0.3) is 11.0 Å². The number of fused-ring (bicyclic) bond motifs is 1. The molecule has 3 nitrogen and oxygen atoms in total. The van der Waals surface area contributed by atoms with Gasteiger partial charge in [0.25, 0.3) is 0 Å². The van der Waals surface area contributed by atoms with Crippen molar-refractivity contribution in [1.82, 2.24) is 9.55 Å². The van der Waals surface area contributed by atoms with Gasteiger partial charge in [0.2, 0.25) is 0 Å². The molecule has 0 spiro atoms. The average Bonchev–Trinajstić information content (AvgIpc) is 2.32. The molecule has 0 atom stereocenters. The Balaban J connectivity index is 2.86. The SMILES string of the molecule is [CH2]n1cnc2cc(N)ccc21. The summed E-state index contributed by atoms with van der Waals surface area (Å²) in [6.45, 7) is 0. The Morgan fingerprint density at radius 1 is 1.45 bits per heavy atom. The molecule has 0 saturated heterocycles. The molecule has 0 saturated carbocycles. The van der Waals surface area contributed by atoms with E-state index in [0.717, 1.165) is 16.7 Å². The first-order chi connectivity index (χ1) is 5.27. The largest absolute Gasteiger partial charge is 0.399 e. The van der Waals surface area contributed by atoms with Crippen LogP contribution in [-0.2, 0) is 0 Å². The van der Waals surface area contributed by atoms with E-state index < -0.39 is 0 Å². The van der Waals surface area contributed by atoms with Crippen molar-refractivity contribution in [2.75, 3.05) is 5.73 Å². The molecule has 0 aliphatic rings. The second-order valence-electron chi connectivity index (χ2n) is 2.46. The van der Waals surface area contributed by atoms with Crippen molar-refractivity contribution in [3.63, 3.8) is 0 Å². The zero-order valence-electron chi connectivity index (χ0n) is 5.99. The zero-order chi connectivity index (χ0) is 7.84. The number of nitrogens with zero attached hydrogens (tertiary/aromatic N) is 2. The highest BCUT2D eigenvalue weighted by Crippen LogP contribution is 2.14. The fraction of sp³-hybridized carbons (Fsp3) is 0. The van der Waals surface area contributed by atoms with Crippen molar-refractivity contribution in [1.29, 1.82) is 0 Å². The smallest absolute Gasteiger partial charge is 0.0958 e. The fourth-order valence-electron chi connectivity index (χ4n) is 1.08. The first-order valence-corrected chi connectivity index (χ1v) is 3.31. The quantitative estimate of drug-likeness (QED) is 0.568. The Bertz CT molecular complexity index is 389. The zero-order valence-corrected chi connectivity index (χ0v) is 5.99. The van der Waals surface area contributed by atoms with Gasteiger partial charge in [-0.15, -0.1) is 0 Å². The lowest BCUT2D eigenvalue weighted by atomic mass is 10.3. The molecule has 1 radical (unpaired) electrons. The molecule has 0 bridgehead atoms. The van der Waals surface area contributed by atoms with Crippen LogP contribution in [0.15, 0.2) is 24.5 Å². The van der Waals surface area contributed by atoms with Crippen molar-refractivity contribution in [3.05, 3.63) is 31.6 Å². The molecule has 1 heterocycles. The van der Waals surface area contributed by atoms with E-state index in [-0.39, 0.29) is 0 Å². The molecule has 3 heteroatoms. The van der Waals surface area contributed by atoms with Crippen molar-refractivity contribution < 1.29 is 0 Å². The van der Waals surface area contributed by atoms with Gasteiger partial charge in [-0.2, -0.15) is 0 Å². The summed E-state index contributed by atoms with van der Waals surface area (Å²) in [7, 11) is 3.75. The lowest BCUT2D eigenvalue weighted by Gasteiger charge is -1.93. The molecule has 0 aliphatic carbocycles. The summed E-state index contributed by atoms with van der Waals surface area (Å²) in [5.74, 6) is 0. The van der Waals surface area contributed by atoms with Gasteiger partial charge in [0.1, 0.15) is 0 Å². The summed E-state index contributed by atoms with van der Waals surface area (Å²) in [6, 6.07) is 5.58. The molecular weight excluding hydrogens is 138 g/mol. The minimum atomic E-state index is 0.733. The molecule has 55 valence electrons. The van der Waals surface area contributed by atoms with E-state index in [4.69, 9.17) is 5.73 Å². The summed E-state index contributed by atoms with van der Waals surface area (Å²) in [5, 5.41) is 0. The Kier molecular flexibility index (Phi) is 1.12. The number of nitrogens with two attached hydrogens (primary N) is 1. The number of benzene rings is 1. The third-order valence-electron chi connectivity index (χ3n) is 1.65. The van der Waals surface area contributed by atoms with Crippen LogP contribution in [-0.4, -0.2) is 9.55 Å². The molecule has 2 aromatic rings. The molecule has 1 aromatic heterocycles. The number of aromatic nitrogens is 2. The van der Waals surface area contributed by atoms with Crippen molar-refractivity contribution in [3.8, 4) is 0 Å². The highest BCUT2D eigenvalue weighted by Gasteiger charge is 1.97. The van der Waals surface area contributed by atoms with Crippen LogP contribution in [0.2, 0.25) is 0 Å². The van der Waals surface area contributed by atoms with Gasteiger partial charge in [-0.25, -0.2) is 4.98 Å². The third-order valence-corrected chi connectivity index (χ3v) is 1.65. The maximum atomic E-state index is 5.56. The van der Waals surface area contributed by atoms with Crippen LogP contribution < -0.4 is 5.73 Å². The number of hydrogen-bond donors (Lipinski definition) is 1. The molecule has 2 N–H and O–H groups in total. The Labute approximate surface area is 64.5 Å². The van der Waals surface area contributed by atoms with E-state index in [1.807, 2.05) is 18.2 Å². The minimum absolute atomic E-state index is 0.733. The molecule has 0 fully saturated rings. The maximum Gasteiger partial charge on any atom is 0.0958 e. The van der Waals surface area contributed by atoms with Crippen LogP contribution in [0.3, 0.4) is 0 Å². The van der Waals surface area contributed by atoms with Gasteiger partial charge in [-0.1, -0.05) is 0 Å². The molecule has 0 amide bonds. The van der Waals surface area contributed by atoms with Crippen LogP contribution in [0.5, 0.6) is 0 Å². The number of hydrogen-bond acceptors (Lipinski definition) is 2. The van der Waals surface area contributed by atoms with E-state index in [2.05, 4.69) is 12.0 Å². The summed E-state index contributed by atoms with van der Waals surface area (Å²) >= 11 is 0. The van der Waals surface area contributed by atoms with E-state index >= 15 is 0 Å². The van der Waals surface area contributed by atoms with Crippen LogP contribution in [0, 0.1) is 7.05 Å². The number of anilines is 1. The van der Waals surface area contributed by atoms with Gasteiger partial charge in [-0.3, -0.25) is 0 Å². The number of imidazole rings is 1. The normalized spacial score (nSPS) is 10.6. The highest BCUT2D eigenvalue weighted by atomic mass is 15.0. The second-order valence-corrected chi connectivity index (χ2v) is 2.46. The topological polar surface area (TPSA) is 43.8 Å². The molecule has 0 unspecified atom stereocenters. The van der Waals surface area contributed by atoms with Gasteiger partial charge in [-0.05, 0) is 18.2 Å². The standard InChI is InChI=1S/C8H8N3/c1-11-5-10-7-4-6(9)2-3-8(7)11/h2-5H,1,9H2. The molecule has 1 aromatic carbocycles. The van der Waals surface area contributed by atoms with Gasteiger partial charge in [0.05, 0.1) is 17.4 Å². The van der Waals surface area contributed by atoms with Crippen LogP contribution in [0.1, 0.15) is 0 Å². The van der Waals surface area contributed by atoms with Crippen LogP contribution in [0.4, 0.5) is 5.69 Å². The highest BCUT2D eigenvalue weighted by molar-refractivity contribution is 5.79. The molecular formula is C8H8N3. The molecule has 2 rings (SSSR count). The van der Waals surface area contributed by atoms with Gasteiger partial charge in [0, 0.05) is 12.7 Å². The predicted molar refractivity (Wildman–Crippen MR) is 44.9 cm³/mol. The molecule has 11 heavy (non-hydrogen) atoms. The molecule has 0 aliphatic heterocycles. The summed E-state index contributed by atoms with van der Waals surface area (Å²) in [4.78, 5) is 4.10. The Morgan fingerprint density at radius 2 is 2.27 bits per heavy atom. The number of nitrogen functional groups attached to an aromatic ring is 1. The van der Waals surface area contributed by atoms with Crippen LogP contribution >= 0.6 is 0 Å². The lowest BCUT2D eigenvalue weighted by Crippen LogP contribution is -1.84. The van der Waals surface area contributed by atoms with E-state index in [1.165, 1.54) is 0 Å². The summed E-state index contributed by atoms with van der Waals surface area (Å²) < 4.78 is 1.72. The maximum absolute atomic E-state index is 5.56. The van der Waals surface area contributed by atoms with Gasteiger partial charge >= 0.3 is 0 Å². The first kappa shape index (κ1) is 6.22. The van der Waals surface area contributed by atoms with E-state index in [1.54, 1.807) is 10.9 Å². The fourth-order valence-corrected chi connectivity index (χ4v) is 1.08. The minimum Gasteiger partial charge on any atom is -0.399 e. The second kappa shape index (κ2) is 1.99. The van der Waals surface area contributed by atoms with Crippen molar-refractivity contribution >= 4 is 16.7 Å². The average molecular weight is 146 g/mol. The summed E-state index contributed by atoms with van der Waals surface area (Å²) in [5.41, 5.74) is 8.18. The number of rotatable bonds is 0. The first-order valence-electron chi connectivity index (χ1n) is 3.31. The lowest BCUT2D eigenvalue weighted by molar-refractivity contribution is 1.10. The third kappa shape index (κ3) is 0.852. The van der Waals surface area contributed by atoms with E-state index in [0.29, 0.717) is 0 Å². The van der Waals surface area contributed by atoms with Crippen molar-refractivity contribution in [2.24, 2.45) is 0 Å². The Morgan fingerprint density at radius 3 is 3.09 bits per heavy atom. The summed E-state index contributed by atoms with van der Waals surface area (Å²) in [6.07, 6.45) is 1.67. The van der Waals surface area contributed by atoms with Gasteiger partial charge < -0.3 is 10.3 Å².